The summed E-state index contributed by atoms with van der Waals surface area (Å²) in [6.45, 7) is 6.73. The predicted molar refractivity (Wildman–Crippen MR) is 113 cm³/mol. The number of aromatic nitrogens is 4. The van der Waals surface area contributed by atoms with Gasteiger partial charge < -0.3 is 15.2 Å². The Morgan fingerprint density at radius 2 is 2.06 bits per heavy atom. The minimum absolute atomic E-state index is 0.175. The molecule has 2 atom stereocenters. The largest absolute Gasteiger partial charge is 0.477 e. The Labute approximate surface area is 186 Å². The zero-order chi connectivity index (χ0) is 23.6. The van der Waals surface area contributed by atoms with Crippen LogP contribution < -0.4 is 10.1 Å². The van der Waals surface area contributed by atoms with E-state index in [-0.39, 0.29) is 30.4 Å². The van der Waals surface area contributed by atoms with Crippen molar-refractivity contribution in [1.29, 1.82) is 5.26 Å². The van der Waals surface area contributed by atoms with Gasteiger partial charge in [-0.3, -0.25) is 0 Å². The van der Waals surface area contributed by atoms with Crippen molar-refractivity contribution in [1.82, 2.24) is 19.9 Å². The third-order valence-electron chi connectivity index (χ3n) is 6.44. The van der Waals surface area contributed by atoms with Gasteiger partial charge in [-0.25, -0.2) is 28.7 Å². The summed E-state index contributed by atoms with van der Waals surface area (Å²) in [7, 11) is 0. The van der Waals surface area contributed by atoms with Gasteiger partial charge in [-0.1, -0.05) is 13.8 Å². The molecule has 0 bridgehead atoms. The first-order chi connectivity index (χ1) is 14.9. The highest BCUT2D eigenvalue weighted by atomic mass is 19.3. The summed E-state index contributed by atoms with van der Waals surface area (Å²) in [6, 6.07) is 2.13. The van der Waals surface area contributed by atoms with Crippen molar-refractivity contribution in [3.8, 4) is 11.9 Å². The monoisotopic (exact) mass is 446 g/mol. The third-order valence-corrected chi connectivity index (χ3v) is 6.44. The molecule has 0 aromatic carbocycles. The molecule has 2 aromatic heterocycles. The molecule has 0 spiro atoms. The molecule has 3 rings (SSSR count). The zero-order valence-electron chi connectivity index (χ0n) is 18.7. The fourth-order valence-corrected chi connectivity index (χ4v) is 3.72. The highest BCUT2D eigenvalue weighted by Gasteiger charge is 2.55. The molecule has 1 fully saturated rings. The summed E-state index contributed by atoms with van der Waals surface area (Å²) in [6.07, 6.45) is 5.05. The first-order valence-electron chi connectivity index (χ1n) is 10.4. The Kier molecular flexibility index (Phi) is 6.60. The van der Waals surface area contributed by atoms with Crippen LogP contribution in [0.1, 0.15) is 57.4 Å². The van der Waals surface area contributed by atoms with E-state index in [0.717, 1.165) is 6.92 Å². The maximum absolute atomic E-state index is 13.0. The lowest BCUT2D eigenvalue weighted by Gasteiger charge is -2.57. The molecule has 32 heavy (non-hydrogen) atoms. The quantitative estimate of drug-likeness (QED) is 0.601. The molecule has 0 saturated heterocycles. The minimum atomic E-state index is -2.82. The normalized spacial score (nSPS) is 22.0. The van der Waals surface area contributed by atoms with Gasteiger partial charge in [-0.2, -0.15) is 5.26 Å². The number of aliphatic hydroxyl groups is 1. The van der Waals surface area contributed by atoms with Crippen LogP contribution in [0.5, 0.6) is 5.88 Å². The SMILES string of the molecule is CC(F)(F)CCOc1ncncc1CNc1ncc(C#N)c(C[C@@H]2C[C@](C)(O)C2(C)C)n1. The number of halogens is 2. The predicted octanol–water partition coefficient (Wildman–Crippen LogP) is 3.51. The van der Waals surface area contributed by atoms with E-state index in [4.69, 9.17) is 4.74 Å². The highest BCUT2D eigenvalue weighted by Crippen LogP contribution is 2.55. The van der Waals surface area contributed by atoms with E-state index in [1.54, 1.807) is 0 Å². The maximum atomic E-state index is 13.0. The average molecular weight is 447 g/mol. The summed E-state index contributed by atoms with van der Waals surface area (Å²) in [4.78, 5) is 16.7. The van der Waals surface area contributed by atoms with Crippen molar-refractivity contribution in [2.24, 2.45) is 11.3 Å². The summed E-state index contributed by atoms with van der Waals surface area (Å²) >= 11 is 0. The van der Waals surface area contributed by atoms with Crippen LogP contribution in [-0.2, 0) is 13.0 Å². The lowest BCUT2D eigenvalue weighted by atomic mass is 9.51. The second-order valence-corrected chi connectivity index (χ2v) is 9.14. The van der Waals surface area contributed by atoms with Crippen molar-refractivity contribution in [2.45, 2.75) is 65.0 Å². The number of rotatable bonds is 9. The maximum Gasteiger partial charge on any atom is 0.248 e. The van der Waals surface area contributed by atoms with Crippen molar-refractivity contribution in [3.05, 3.63) is 35.5 Å². The topological polar surface area (TPSA) is 117 Å². The molecule has 8 nitrogen and oxygen atoms in total. The van der Waals surface area contributed by atoms with E-state index < -0.39 is 17.9 Å². The molecule has 1 saturated carbocycles. The molecule has 1 aliphatic rings. The van der Waals surface area contributed by atoms with Crippen LogP contribution in [0.25, 0.3) is 0 Å². The van der Waals surface area contributed by atoms with Crippen LogP contribution in [0, 0.1) is 22.7 Å². The molecule has 0 radical (unpaired) electrons. The standard InChI is InChI=1S/C22H28F2N6O2/c1-20(2)16(8-21(20,3)31)7-17-14(9-25)11-27-19(30-17)28-12-15-10-26-13-29-18(15)32-6-5-22(4,23)24/h10-11,13,16,31H,5-8,12H2,1-4H3,(H,27,28,30)/t16-,21+/m1/s1. The number of hydrogen-bond donors (Lipinski definition) is 2. The Morgan fingerprint density at radius 1 is 1.31 bits per heavy atom. The summed E-state index contributed by atoms with van der Waals surface area (Å²) < 4.78 is 31.5. The van der Waals surface area contributed by atoms with Crippen LogP contribution in [0.4, 0.5) is 14.7 Å². The van der Waals surface area contributed by atoms with Gasteiger partial charge in [-0.15, -0.1) is 0 Å². The molecule has 10 heteroatoms. The van der Waals surface area contributed by atoms with Crippen LogP contribution in [0.2, 0.25) is 0 Å². The molecule has 172 valence electrons. The Morgan fingerprint density at radius 3 is 2.69 bits per heavy atom. The van der Waals surface area contributed by atoms with Gasteiger partial charge in [0.2, 0.25) is 17.8 Å². The minimum Gasteiger partial charge on any atom is -0.477 e. The average Bonchev–Trinajstić information content (AvgIpc) is 2.72. The summed E-state index contributed by atoms with van der Waals surface area (Å²) in [5.74, 6) is -2.10. The van der Waals surface area contributed by atoms with Crippen LogP contribution in [0.3, 0.4) is 0 Å². The van der Waals surface area contributed by atoms with Crippen molar-refractivity contribution in [3.63, 3.8) is 0 Å². The van der Waals surface area contributed by atoms with Crippen LogP contribution >= 0.6 is 0 Å². The van der Waals surface area contributed by atoms with E-state index in [2.05, 4.69) is 31.3 Å². The molecule has 2 N–H and O–H groups in total. The number of nitrogens with zero attached hydrogens (tertiary/aromatic N) is 5. The second-order valence-electron chi connectivity index (χ2n) is 9.14. The molecule has 2 heterocycles. The highest BCUT2D eigenvalue weighted by molar-refractivity contribution is 5.38. The van der Waals surface area contributed by atoms with Crippen molar-refractivity contribution >= 4 is 5.95 Å². The number of nitriles is 1. The van der Waals surface area contributed by atoms with Gasteiger partial charge in [0.1, 0.15) is 12.4 Å². The van der Waals surface area contributed by atoms with E-state index >= 15 is 0 Å². The van der Waals surface area contributed by atoms with E-state index in [9.17, 15) is 19.1 Å². The van der Waals surface area contributed by atoms with Crippen LogP contribution in [-0.4, -0.2) is 43.2 Å². The fourth-order valence-electron chi connectivity index (χ4n) is 3.72. The van der Waals surface area contributed by atoms with E-state index in [1.807, 2.05) is 20.8 Å². The van der Waals surface area contributed by atoms with E-state index in [1.165, 1.54) is 18.7 Å². The third kappa shape index (κ3) is 5.27. The number of ether oxygens (including phenoxy) is 1. The summed E-state index contributed by atoms with van der Waals surface area (Å²) in [5, 5.41) is 22.9. The first-order valence-corrected chi connectivity index (χ1v) is 10.4. The summed E-state index contributed by atoms with van der Waals surface area (Å²) in [5.41, 5.74) is 0.540. The number of alkyl halides is 2. The molecule has 0 amide bonds. The van der Waals surface area contributed by atoms with E-state index in [0.29, 0.717) is 35.6 Å². The lowest BCUT2D eigenvalue weighted by Crippen LogP contribution is -2.59. The fraction of sp³-hybridized carbons (Fsp3) is 0.591. The number of nitrogens with one attached hydrogen (secondary N) is 1. The van der Waals surface area contributed by atoms with Gasteiger partial charge in [0, 0.05) is 19.2 Å². The van der Waals surface area contributed by atoms with Crippen molar-refractivity contribution < 1.29 is 18.6 Å². The Hall–Kier alpha value is -2.93. The molecule has 2 aromatic rings. The number of hydrogen-bond acceptors (Lipinski definition) is 8. The van der Waals surface area contributed by atoms with Gasteiger partial charge in [0.25, 0.3) is 0 Å². The molecule has 1 aliphatic carbocycles. The molecule has 0 aliphatic heterocycles. The Balaban J connectivity index is 1.68. The van der Waals surface area contributed by atoms with Gasteiger partial charge in [-0.05, 0) is 38.0 Å². The number of anilines is 1. The molecular weight excluding hydrogens is 418 g/mol. The van der Waals surface area contributed by atoms with Crippen LogP contribution in [0.15, 0.2) is 18.7 Å². The smallest absolute Gasteiger partial charge is 0.248 e. The second kappa shape index (κ2) is 8.90. The Bertz CT molecular complexity index is 1000. The van der Waals surface area contributed by atoms with Crippen molar-refractivity contribution in [2.75, 3.05) is 11.9 Å². The molecular formula is C22H28F2N6O2. The van der Waals surface area contributed by atoms with Gasteiger partial charge in [0.05, 0.1) is 35.2 Å². The lowest BCUT2D eigenvalue weighted by molar-refractivity contribution is -0.181. The van der Waals surface area contributed by atoms with Gasteiger partial charge >= 0.3 is 0 Å². The molecule has 0 unspecified atom stereocenters. The zero-order valence-corrected chi connectivity index (χ0v) is 18.7. The van der Waals surface area contributed by atoms with Gasteiger partial charge in [0.15, 0.2) is 0 Å². The first kappa shape index (κ1) is 23.7.